The van der Waals surface area contributed by atoms with Gasteiger partial charge in [-0.25, -0.2) is 0 Å². The average molecular weight is 280 g/mol. The molecule has 0 spiro atoms. The zero-order valence-electron chi connectivity index (χ0n) is 11.5. The highest BCUT2D eigenvalue weighted by Gasteiger charge is 2.06. The van der Waals surface area contributed by atoms with Crippen LogP contribution in [0.1, 0.15) is 10.6 Å². The van der Waals surface area contributed by atoms with E-state index >= 15 is 0 Å². The third kappa shape index (κ3) is 3.05. The van der Waals surface area contributed by atoms with Crippen molar-refractivity contribution < 1.29 is 9.21 Å². The van der Waals surface area contributed by atoms with E-state index in [2.05, 4.69) is 28.8 Å². The number of furan rings is 1. The first-order valence-electron chi connectivity index (χ1n) is 6.88. The zero-order valence-corrected chi connectivity index (χ0v) is 11.5. The molecule has 0 aliphatic carbocycles. The lowest BCUT2D eigenvalue weighted by atomic mass is 10.1. The lowest BCUT2D eigenvalue weighted by Crippen LogP contribution is -2.28. The van der Waals surface area contributed by atoms with Crippen LogP contribution in [-0.2, 0) is 0 Å². The summed E-state index contributed by atoms with van der Waals surface area (Å²) in [6.07, 6.45) is 1.49. The van der Waals surface area contributed by atoms with Gasteiger partial charge in [0.2, 0.25) is 0 Å². The Morgan fingerprint density at radius 2 is 1.81 bits per heavy atom. The van der Waals surface area contributed by atoms with Crippen LogP contribution in [0.2, 0.25) is 0 Å². The molecule has 0 saturated carbocycles. The maximum absolute atomic E-state index is 11.7. The number of amides is 1. The topological polar surface area (TPSA) is 54.3 Å². The van der Waals surface area contributed by atoms with Crippen LogP contribution in [-0.4, -0.2) is 19.0 Å². The molecule has 1 heterocycles. The molecule has 0 atom stereocenters. The minimum absolute atomic E-state index is 0.195. The molecule has 3 aromatic rings. The van der Waals surface area contributed by atoms with Gasteiger partial charge in [0.25, 0.3) is 5.91 Å². The number of rotatable bonds is 5. The molecule has 1 aromatic heterocycles. The summed E-state index contributed by atoms with van der Waals surface area (Å²) in [4.78, 5) is 11.7. The summed E-state index contributed by atoms with van der Waals surface area (Å²) in [7, 11) is 0. The molecule has 0 fully saturated rings. The molecule has 2 N–H and O–H groups in total. The minimum Gasteiger partial charge on any atom is -0.459 e. The fourth-order valence-electron chi connectivity index (χ4n) is 2.25. The van der Waals surface area contributed by atoms with E-state index in [9.17, 15) is 4.79 Å². The lowest BCUT2D eigenvalue weighted by Gasteiger charge is -2.10. The Balaban J connectivity index is 1.56. The van der Waals surface area contributed by atoms with Gasteiger partial charge in [-0.2, -0.15) is 0 Å². The number of nitrogens with one attached hydrogen (secondary N) is 2. The van der Waals surface area contributed by atoms with Crippen molar-refractivity contribution in [3.63, 3.8) is 0 Å². The molecule has 0 bridgehead atoms. The Hall–Kier alpha value is -2.75. The summed E-state index contributed by atoms with van der Waals surface area (Å²) in [5.41, 5.74) is 1.07. The van der Waals surface area contributed by atoms with E-state index in [0.29, 0.717) is 18.8 Å². The molecule has 4 nitrogen and oxygen atoms in total. The van der Waals surface area contributed by atoms with E-state index < -0.39 is 0 Å². The second kappa shape index (κ2) is 6.13. The van der Waals surface area contributed by atoms with Gasteiger partial charge in [-0.15, -0.1) is 0 Å². The molecular weight excluding hydrogens is 264 g/mol. The van der Waals surface area contributed by atoms with Crippen LogP contribution in [0.15, 0.2) is 65.3 Å². The van der Waals surface area contributed by atoms with Crippen molar-refractivity contribution in [1.29, 1.82) is 0 Å². The predicted octanol–water partition coefficient (Wildman–Crippen LogP) is 3.27. The fraction of sp³-hybridized carbons (Fsp3) is 0.118. The molecule has 4 heteroatoms. The van der Waals surface area contributed by atoms with Crippen molar-refractivity contribution in [1.82, 2.24) is 5.32 Å². The highest BCUT2D eigenvalue weighted by atomic mass is 16.3. The number of hydrogen-bond acceptors (Lipinski definition) is 3. The molecular formula is C17H16N2O2. The Kier molecular flexibility index (Phi) is 3.87. The predicted molar refractivity (Wildman–Crippen MR) is 83.5 cm³/mol. The van der Waals surface area contributed by atoms with Crippen LogP contribution in [0.4, 0.5) is 5.69 Å². The molecule has 0 unspecified atom stereocenters. The number of anilines is 1. The first-order valence-corrected chi connectivity index (χ1v) is 6.88. The van der Waals surface area contributed by atoms with Crippen molar-refractivity contribution in [3.8, 4) is 0 Å². The lowest BCUT2D eigenvalue weighted by molar-refractivity contribution is 0.0927. The average Bonchev–Trinajstić information content (AvgIpc) is 3.06. The highest BCUT2D eigenvalue weighted by molar-refractivity contribution is 5.94. The second-order valence-corrected chi connectivity index (χ2v) is 4.69. The maximum atomic E-state index is 11.7. The molecule has 106 valence electrons. The molecule has 0 saturated heterocycles. The molecule has 2 aromatic carbocycles. The van der Waals surface area contributed by atoms with Gasteiger partial charge in [-0.3, -0.25) is 4.79 Å². The van der Waals surface area contributed by atoms with Crippen LogP contribution in [0.25, 0.3) is 10.8 Å². The Morgan fingerprint density at radius 1 is 0.952 bits per heavy atom. The summed E-state index contributed by atoms with van der Waals surface area (Å²) >= 11 is 0. The largest absolute Gasteiger partial charge is 0.459 e. The van der Waals surface area contributed by atoms with Gasteiger partial charge in [-0.05, 0) is 23.6 Å². The van der Waals surface area contributed by atoms with Gasteiger partial charge in [0.05, 0.1) is 6.26 Å². The zero-order chi connectivity index (χ0) is 14.5. The summed E-state index contributed by atoms with van der Waals surface area (Å²) < 4.78 is 5.04. The van der Waals surface area contributed by atoms with E-state index in [0.717, 1.165) is 5.69 Å². The van der Waals surface area contributed by atoms with Crippen LogP contribution in [0.5, 0.6) is 0 Å². The molecule has 3 rings (SSSR count). The summed E-state index contributed by atoms with van der Waals surface area (Å²) in [5, 5.41) is 8.53. The molecule has 0 aliphatic heterocycles. The first-order chi connectivity index (χ1) is 10.3. The monoisotopic (exact) mass is 280 g/mol. The SMILES string of the molecule is O=C(NCCNc1cccc2ccccc12)c1ccco1. The summed E-state index contributed by atoms with van der Waals surface area (Å²) in [6.45, 7) is 1.18. The van der Waals surface area contributed by atoms with Crippen molar-refractivity contribution >= 4 is 22.4 Å². The van der Waals surface area contributed by atoms with E-state index in [1.807, 2.05) is 24.3 Å². The summed E-state index contributed by atoms with van der Waals surface area (Å²) in [6, 6.07) is 17.7. The number of carbonyl (C=O) groups is 1. The maximum Gasteiger partial charge on any atom is 0.287 e. The first kappa shape index (κ1) is 13.2. The van der Waals surface area contributed by atoms with Gasteiger partial charge in [0, 0.05) is 24.2 Å². The summed E-state index contributed by atoms with van der Waals surface area (Å²) in [5.74, 6) is 0.139. The van der Waals surface area contributed by atoms with E-state index in [4.69, 9.17) is 4.42 Å². The highest BCUT2D eigenvalue weighted by Crippen LogP contribution is 2.22. The second-order valence-electron chi connectivity index (χ2n) is 4.69. The van der Waals surface area contributed by atoms with Gasteiger partial charge in [0.15, 0.2) is 5.76 Å². The third-order valence-electron chi connectivity index (χ3n) is 3.26. The van der Waals surface area contributed by atoms with E-state index in [1.165, 1.54) is 17.0 Å². The molecule has 0 radical (unpaired) electrons. The third-order valence-corrected chi connectivity index (χ3v) is 3.26. The van der Waals surface area contributed by atoms with E-state index in [1.54, 1.807) is 12.1 Å². The van der Waals surface area contributed by atoms with Crippen LogP contribution >= 0.6 is 0 Å². The number of hydrogen-bond donors (Lipinski definition) is 2. The van der Waals surface area contributed by atoms with Crippen molar-refractivity contribution in [3.05, 3.63) is 66.6 Å². The van der Waals surface area contributed by atoms with Crippen LogP contribution in [0, 0.1) is 0 Å². The molecule has 1 amide bonds. The van der Waals surface area contributed by atoms with E-state index in [-0.39, 0.29) is 5.91 Å². The van der Waals surface area contributed by atoms with Crippen LogP contribution < -0.4 is 10.6 Å². The van der Waals surface area contributed by atoms with Crippen molar-refractivity contribution in [2.24, 2.45) is 0 Å². The number of carbonyl (C=O) groups excluding carboxylic acids is 1. The normalized spacial score (nSPS) is 10.5. The van der Waals surface area contributed by atoms with Gasteiger partial charge < -0.3 is 15.1 Å². The Morgan fingerprint density at radius 3 is 2.67 bits per heavy atom. The number of benzene rings is 2. The quantitative estimate of drug-likeness (QED) is 0.705. The smallest absolute Gasteiger partial charge is 0.287 e. The van der Waals surface area contributed by atoms with Crippen molar-refractivity contribution in [2.45, 2.75) is 0 Å². The molecule has 0 aliphatic rings. The molecule has 21 heavy (non-hydrogen) atoms. The van der Waals surface area contributed by atoms with Crippen molar-refractivity contribution in [2.75, 3.05) is 18.4 Å². The standard InChI is InChI=1S/C17H16N2O2/c20-17(16-9-4-12-21-16)19-11-10-18-15-8-3-6-13-5-1-2-7-14(13)15/h1-9,12,18H,10-11H2,(H,19,20). The van der Waals surface area contributed by atoms with Gasteiger partial charge in [-0.1, -0.05) is 36.4 Å². The number of fused-ring (bicyclic) bond motifs is 1. The Labute approximate surface area is 122 Å². The van der Waals surface area contributed by atoms with Gasteiger partial charge in [0.1, 0.15) is 0 Å². The fourth-order valence-corrected chi connectivity index (χ4v) is 2.25. The minimum atomic E-state index is -0.195. The van der Waals surface area contributed by atoms with Crippen LogP contribution in [0.3, 0.4) is 0 Å². The van der Waals surface area contributed by atoms with Gasteiger partial charge >= 0.3 is 0 Å². The Bertz CT molecular complexity index is 730.